The number of rotatable bonds is 12. The van der Waals surface area contributed by atoms with Crippen molar-refractivity contribution in [3.05, 3.63) is 59.7 Å². The van der Waals surface area contributed by atoms with E-state index in [0.717, 1.165) is 92.7 Å². The number of ketones is 1. The van der Waals surface area contributed by atoms with E-state index in [-0.39, 0.29) is 5.92 Å². The Morgan fingerprint density at radius 1 is 0.721 bits per heavy atom. The molecule has 2 aliphatic heterocycles. The molecule has 2 aromatic rings. The Morgan fingerprint density at radius 3 is 1.53 bits per heavy atom. The van der Waals surface area contributed by atoms with Crippen LogP contribution in [0.3, 0.4) is 0 Å². The number of carbonyl (C=O) groups excluding carboxylic acids is 1. The molecular formula is C37H53N3O3. The smallest absolute Gasteiger partial charge is 0.165 e. The zero-order valence-corrected chi connectivity index (χ0v) is 27.0. The van der Waals surface area contributed by atoms with Gasteiger partial charge in [-0.1, -0.05) is 27.7 Å². The maximum Gasteiger partial charge on any atom is 0.165 e. The lowest BCUT2D eigenvalue weighted by Gasteiger charge is -2.34. The highest BCUT2D eigenvalue weighted by Gasteiger charge is 2.30. The molecule has 6 nitrogen and oxygen atoms in total. The summed E-state index contributed by atoms with van der Waals surface area (Å²) >= 11 is 0. The minimum absolute atomic E-state index is 0.288. The first-order valence-electron chi connectivity index (χ1n) is 16.6. The molecule has 234 valence electrons. The van der Waals surface area contributed by atoms with Crippen LogP contribution in [-0.2, 0) is 0 Å². The van der Waals surface area contributed by atoms with Gasteiger partial charge in [0, 0.05) is 50.7 Å². The molecule has 0 unspecified atom stereocenters. The monoisotopic (exact) mass is 587 g/mol. The van der Waals surface area contributed by atoms with E-state index >= 15 is 0 Å². The second-order valence-corrected chi connectivity index (χ2v) is 13.6. The standard InChI is InChI=1S/C20H29NO2.C17H24N2O/c1-15-12-16(2)14-21(13-15)10-3-11-23-19-8-6-18(7-9-19)20(22)17-4-5-17;1-14-10-15(2)13-19(12-14)8-3-9-20-17-6-4-16(11-18)5-7-17/h6-9,15-17H,3-5,10-14H2,1-2H3;4-7,14-15H,3,8-10,12-13H2,1-2H3/t15-,16-;14-,15-/m00/s1. The molecule has 2 saturated heterocycles. The molecule has 6 heteroatoms. The third-order valence-electron chi connectivity index (χ3n) is 8.73. The average Bonchev–Trinajstić information content (AvgIpc) is 3.83. The number of likely N-dealkylation sites (tertiary alicyclic amines) is 2. The lowest BCUT2D eigenvalue weighted by Crippen LogP contribution is -2.39. The maximum atomic E-state index is 12.0. The number of carbonyl (C=O) groups is 1. The van der Waals surface area contributed by atoms with Crippen LogP contribution in [0.5, 0.6) is 11.5 Å². The molecular weight excluding hydrogens is 534 g/mol. The normalized spacial score (nSPS) is 24.3. The van der Waals surface area contributed by atoms with Crippen LogP contribution in [0.1, 0.15) is 82.1 Å². The molecule has 0 amide bonds. The molecule has 2 aromatic carbocycles. The minimum Gasteiger partial charge on any atom is -0.494 e. The van der Waals surface area contributed by atoms with E-state index in [1.807, 2.05) is 36.4 Å². The Kier molecular flexibility index (Phi) is 12.9. The molecule has 0 N–H and O–H groups in total. The van der Waals surface area contributed by atoms with Crippen LogP contribution < -0.4 is 9.47 Å². The van der Waals surface area contributed by atoms with Gasteiger partial charge in [-0.3, -0.25) is 4.79 Å². The molecule has 3 aliphatic rings. The van der Waals surface area contributed by atoms with Crippen molar-refractivity contribution in [2.45, 2.75) is 66.2 Å². The molecule has 0 aromatic heterocycles. The van der Waals surface area contributed by atoms with Gasteiger partial charge >= 0.3 is 0 Å². The Bertz CT molecular complexity index is 1140. The average molecular weight is 588 g/mol. The third-order valence-corrected chi connectivity index (χ3v) is 8.73. The van der Waals surface area contributed by atoms with Crippen molar-refractivity contribution in [1.82, 2.24) is 9.80 Å². The maximum absolute atomic E-state index is 12.0. The van der Waals surface area contributed by atoms with Crippen LogP contribution in [0, 0.1) is 40.9 Å². The zero-order chi connectivity index (χ0) is 30.6. The minimum atomic E-state index is 0.288. The summed E-state index contributed by atoms with van der Waals surface area (Å²) < 4.78 is 11.5. The number of nitriles is 1. The van der Waals surface area contributed by atoms with E-state index in [0.29, 0.717) is 11.3 Å². The van der Waals surface area contributed by atoms with Crippen molar-refractivity contribution in [3.63, 3.8) is 0 Å². The topological polar surface area (TPSA) is 65.8 Å². The van der Waals surface area contributed by atoms with E-state index in [4.69, 9.17) is 14.7 Å². The van der Waals surface area contributed by atoms with Gasteiger partial charge < -0.3 is 19.3 Å². The highest BCUT2D eigenvalue weighted by molar-refractivity contribution is 5.99. The van der Waals surface area contributed by atoms with E-state index in [2.05, 4.69) is 43.6 Å². The second-order valence-electron chi connectivity index (χ2n) is 13.6. The van der Waals surface area contributed by atoms with Gasteiger partial charge in [-0.15, -0.1) is 0 Å². The number of hydrogen-bond donors (Lipinski definition) is 0. The van der Waals surface area contributed by atoms with Crippen molar-refractivity contribution in [3.8, 4) is 17.6 Å². The molecule has 43 heavy (non-hydrogen) atoms. The van der Waals surface area contributed by atoms with Gasteiger partial charge in [0.15, 0.2) is 5.78 Å². The Hall–Kier alpha value is -2.88. The Balaban J connectivity index is 0.000000199. The van der Waals surface area contributed by atoms with Crippen LogP contribution in [0.2, 0.25) is 0 Å². The summed E-state index contributed by atoms with van der Waals surface area (Å²) in [5.74, 6) is 5.58. The quantitative estimate of drug-likeness (QED) is 0.191. The SMILES string of the molecule is C[C@H]1C[C@H](C)CN(CCCOc2ccc(C#N)cc2)C1.C[C@H]1C[C@H](C)CN(CCCOc2ccc(C(=O)C3CC3)cc2)C1. The fraction of sp³-hybridized carbons (Fsp3) is 0.622. The molecule has 2 heterocycles. The predicted octanol–water partition coefficient (Wildman–Crippen LogP) is 7.33. The van der Waals surface area contributed by atoms with Gasteiger partial charge in [-0.2, -0.15) is 5.26 Å². The number of hydrogen-bond acceptors (Lipinski definition) is 6. The second kappa shape index (κ2) is 16.8. The van der Waals surface area contributed by atoms with E-state index in [1.165, 1.54) is 39.0 Å². The fourth-order valence-electron chi connectivity index (χ4n) is 6.83. The highest BCUT2D eigenvalue weighted by Crippen LogP contribution is 2.33. The van der Waals surface area contributed by atoms with Crippen molar-refractivity contribution in [2.75, 3.05) is 52.5 Å². The summed E-state index contributed by atoms with van der Waals surface area (Å²) in [7, 11) is 0. The van der Waals surface area contributed by atoms with Gasteiger partial charge in [-0.25, -0.2) is 0 Å². The first-order valence-corrected chi connectivity index (χ1v) is 16.6. The number of ether oxygens (including phenoxy) is 2. The highest BCUT2D eigenvalue weighted by atomic mass is 16.5. The van der Waals surface area contributed by atoms with Crippen LogP contribution in [-0.4, -0.2) is 68.1 Å². The van der Waals surface area contributed by atoms with E-state index < -0.39 is 0 Å². The van der Waals surface area contributed by atoms with Crippen LogP contribution in [0.4, 0.5) is 0 Å². The summed E-state index contributed by atoms with van der Waals surface area (Å²) in [6, 6.07) is 17.1. The van der Waals surface area contributed by atoms with Crippen molar-refractivity contribution in [1.29, 1.82) is 5.26 Å². The van der Waals surface area contributed by atoms with Crippen LogP contribution >= 0.6 is 0 Å². The largest absolute Gasteiger partial charge is 0.494 e. The van der Waals surface area contributed by atoms with Crippen LogP contribution in [0.25, 0.3) is 0 Å². The fourth-order valence-corrected chi connectivity index (χ4v) is 6.83. The Labute approximate surface area is 260 Å². The predicted molar refractivity (Wildman–Crippen MR) is 174 cm³/mol. The van der Waals surface area contributed by atoms with Gasteiger partial charge in [0.2, 0.25) is 0 Å². The van der Waals surface area contributed by atoms with Crippen molar-refractivity contribution < 1.29 is 14.3 Å². The van der Waals surface area contributed by atoms with Gasteiger partial charge in [0.25, 0.3) is 0 Å². The summed E-state index contributed by atoms with van der Waals surface area (Å²) in [5, 5.41) is 8.73. The Morgan fingerprint density at radius 2 is 1.14 bits per heavy atom. The first-order chi connectivity index (χ1) is 20.8. The summed E-state index contributed by atoms with van der Waals surface area (Å²) in [5.41, 5.74) is 1.50. The van der Waals surface area contributed by atoms with Crippen LogP contribution in [0.15, 0.2) is 48.5 Å². The summed E-state index contributed by atoms with van der Waals surface area (Å²) in [6.45, 7) is 18.0. The van der Waals surface area contributed by atoms with E-state index in [9.17, 15) is 4.79 Å². The summed E-state index contributed by atoms with van der Waals surface area (Å²) in [4.78, 5) is 17.1. The number of nitrogens with zero attached hydrogens (tertiary/aromatic N) is 3. The molecule has 0 radical (unpaired) electrons. The van der Waals surface area contributed by atoms with E-state index in [1.54, 1.807) is 12.1 Å². The zero-order valence-electron chi connectivity index (χ0n) is 27.0. The molecule has 5 rings (SSSR count). The molecule has 0 spiro atoms. The molecule has 3 fully saturated rings. The molecule has 4 atom stereocenters. The first kappa shape index (κ1) is 33.0. The lowest BCUT2D eigenvalue weighted by atomic mass is 9.92. The molecule has 1 saturated carbocycles. The van der Waals surface area contributed by atoms with Gasteiger partial charge in [0.1, 0.15) is 11.5 Å². The van der Waals surface area contributed by atoms with Crippen molar-refractivity contribution in [2.24, 2.45) is 29.6 Å². The van der Waals surface area contributed by atoms with Gasteiger partial charge in [0.05, 0.1) is 24.8 Å². The lowest BCUT2D eigenvalue weighted by molar-refractivity contribution is 0.0967. The molecule has 0 bridgehead atoms. The number of Topliss-reactive ketones (excluding diaryl/α,β-unsaturated/α-hetero) is 1. The number of benzene rings is 2. The van der Waals surface area contributed by atoms with Crippen molar-refractivity contribution >= 4 is 5.78 Å². The number of piperidine rings is 2. The summed E-state index contributed by atoms with van der Waals surface area (Å²) in [6.07, 6.45) is 6.95. The van der Waals surface area contributed by atoms with Gasteiger partial charge in [-0.05, 0) is 111 Å². The molecule has 1 aliphatic carbocycles. The third kappa shape index (κ3) is 11.6.